The minimum absolute atomic E-state index is 0.146. The Bertz CT molecular complexity index is 499. The van der Waals surface area contributed by atoms with Gasteiger partial charge in [0, 0.05) is 5.54 Å². The molecule has 1 unspecified atom stereocenters. The van der Waals surface area contributed by atoms with E-state index in [1.165, 1.54) is 0 Å². The van der Waals surface area contributed by atoms with Gasteiger partial charge in [0.1, 0.15) is 5.25 Å². The second kappa shape index (κ2) is 5.06. The summed E-state index contributed by atoms with van der Waals surface area (Å²) in [4.78, 5) is 0. The molecule has 1 N–H and O–H groups in total. The molecule has 0 aliphatic heterocycles. The van der Waals surface area contributed by atoms with Gasteiger partial charge in [0.2, 0.25) is 10.0 Å². The molecule has 0 aromatic carbocycles. The normalized spacial score (nSPS) is 21.9. The Labute approximate surface area is 118 Å². The van der Waals surface area contributed by atoms with Crippen LogP contribution in [-0.2, 0) is 10.0 Å². The van der Waals surface area contributed by atoms with Crippen molar-refractivity contribution in [3.05, 3.63) is 23.3 Å². The molecule has 0 saturated heterocycles. The van der Waals surface area contributed by atoms with Crippen LogP contribution in [0.3, 0.4) is 0 Å². The molecule has 0 spiro atoms. The van der Waals surface area contributed by atoms with Crippen LogP contribution in [0.1, 0.15) is 54.9 Å². The van der Waals surface area contributed by atoms with Gasteiger partial charge in [-0.1, -0.05) is 38.5 Å². The zero-order valence-electron chi connectivity index (χ0n) is 13.2. The summed E-state index contributed by atoms with van der Waals surface area (Å²) in [5, 5.41) is -0.463. The Hall–Kier alpha value is -0.610. The van der Waals surface area contributed by atoms with Crippen molar-refractivity contribution < 1.29 is 8.42 Å². The average molecular weight is 285 g/mol. The van der Waals surface area contributed by atoms with E-state index in [1.54, 1.807) is 0 Å². The lowest BCUT2D eigenvalue weighted by Crippen LogP contribution is -2.47. The summed E-state index contributed by atoms with van der Waals surface area (Å²) in [7, 11) is -3.36. The van der Waals surface area contributed by atoms with Crippen molar-refractivity contribution in [1.82, 2.24) is 4.72 Å². The molecule has 1 aliphatic rings. The number of allylic oxidation sites excluding steroid dienone is 3. The number of hydrogen-bond donors (Lipinski definition) is 1. The molecular weight excluding hydrogens is 258 g/mol. The van der Waals surface area contributed by atoms with Crippen molar-refractivity contribution in [3.8, 4) is 0 Å². The van der Waals surface area contributed by atoms with Crippen molar-refractivity contribution in [3.63, 3.8) is 0 Å². The van der Waals surface area contributed by atoms with Crippen LogP contribution in [0.5, 0.6) is 0 Å². The predicted molar refractivity (Wildman–Crippen MR) is 81.5 cm³/mol. The van der Waals surface area contributed by atoms with Crippen LogP contribution in [0.4, 0.5) is 0 Å². The van der Waals surface area contributed by atoms with E-state index in [1.807, 2.05) is 39.8 Å². The first-order chi connectivity index (χ1) is 8.33. The third kappa shape index (κ3) is 4.46. The van der Waals surface area contributed by atoms with Gasteiger partial charge in [-0.2, -0.15) is 0 Å². The predicted octanol–water partition coefficient (Wildman–Crippen LogP) is 3.40. The zero-order chi connectivity index (χ0) is 15.1. The highest BCUT2D eigenvalue weighted by molar-refractivity contribution is 7.90. The highest BCUT2D eigenvalue weighted by Gasteiger charge is 2.37. The molecule has 3 nitrogen and oxygen atoms in total. The fraction of sp³-hybridized carbons (Fsp3) is 0.733. The molecule has 0 saturated carbocycles. The van der Waals surface area contributed by atoms with Crippen LogP contribution in [0, 0.1) is 5.41 Å². The molecule has 1 aliphatic carbocycles. The lowest BCUT2D eigenvalue weighted by Gasteiger charge is -2.34. The van der Waals surface area contributed by atoms with Gasteiger partial charge in [-0.25, -0.2) is 13.1 Å². The summed E-state index contributed by atoms with van der Waals surface area (Å²) in [5.41, 5.74) is 1.54. The molecule has 0 amide bonds. The zero-order valence-corrected chi connectivity index (χ0v) is 14.0. The summed E-state index contributed by atoms with van der Waals surface area (Å²) in [5.74, 6) is 0. The molecule has 0 heterocycles. The minimum atomic E-state index is -3.36. The summed E-state index contributed by atoms with van der Waals surface area (Å²) in [6.45, 7) is 13.8. The van der Waals surface area contributed by atoms with Gasteiger partial charge in [-0.15, -0.1) is 0 Å². The quantitative estimate of drug-likeness (QED) is 0.845. The molecule has 0 fully saturated rings. The molecule has 4 heteroatoms. The topological polar surface area (TPSA) is 46.2 Å². The summed E-state index contributed by atoms with van der Waals surface area (Å²) in [6.07, 6.45) is 4.58. The van der Waals surface area contributed by atoms with Crippen LogP contribution in [0.15, 0.2) is 23.3 Å². The van der Waals surface area contributed by atoms with Gasteiger partial charge >= 0.3 is 0 Å². The first-order valence-electron chi connectivity index (χ1n) is 6.74. The first kappa shape index (κ1) is 16.4. The summed E-state index contributed by atoms with van der Waals surface area (Å²) >= 11 is 0. The molecule has 0 aromatic rings. The van der Waals surface area contributed by atoms with E-state index in [-0.39, 0.29) is 5.41 Å². The highest BCUT2D eigenvalue weighted by Crippen LogP contribution is 2.36. The van der Waals surface area contributed by atoms with E-state index in [0.29, 0.717) is 6.42 Å². The Morgan fingerprint density at radius 1 is 1.16 bits per heavy atom. The van der Waals surface area contributed by atoms with Crippen LogP contribution in [0.2, 0.25) is 0 Å². The maximum atomic E-state index is 12.6. The van der Waals surface area contributed by atoms with Crippen LogP contribution >= 0.6 is 0 Å². The molecule has 0 radical (unpaired) electrons. The maximum absolute atomic E-state index is 12.6. The Morgan fingerprint density at radius 2 is 1.68 bits per heavy atom. The van der Waals surface area contributed by atoms with E-state index in [9.17, 15) is 8.42 Å². The SMILES string of the molecule is CC1=CCC(S(=O)(=O)NC(C)(C)C)C(C(C)(C)C)=C1. The van der Waals surface area contributed by atoms with E-state index < -0.39 is 20.8 Å². The number of hydrogen-bond acceptors (Lipinski definition) is 2. The van der Waals surface area contributed by atoms with E-state index in [0.717, 1.165) is 11.1 Å². The molecule has 110 valence electrons. The van der Waals surface area contributed by atoms with E-state index in [2.05, 4.69) is 25.5 Å². The smallest absolute Gasteiger partial charge is 0.212 e. The summed E-state index contributed by atoms with van der Waals surface area (Å²) in [6, 6.07) is 0. The maximum Gasteiger partial charge on any atom is 0.219 e. The van der Waals surface area contributed by atoms with Gasteiger partial charge in [0.25, 0.3) is 0 Å². The minimum Gasteiger partial charge on any atom is -0.212 e. The second-order valence-electron chi connectivity index (χ2n) is 7.42. The Kier molecular flexibility index (Phi) is 4.38. The van der Waals surface area contributed by atoms with Crippen LogP contribution in [0.25, 0.3) is 0 Å². The van der Waals surface area contributed by atoms with Crippen molar-refractivity contribution in [2.24, 2.45) is 5.41 Å². The van der Waals surface area contributed by atoms with Crippen molar-refractivity contribution in [1.29, 1.82) is 0 Å². The molecule has 1 rings (SSSR count). The molecule has 19 heavy (non-hydrogen) atoms. The van der Waals surface area contributed by atoms with E-state index >= 15 is 0 Å². The Morgan fingerprint density at radius 3 is 2.11 bits per heavy atom. The summed E-state index contributed by atoms with van der Waals surface area (Å²) < 4.78 is 28.0. The van der Waals surface area contributed by atoms with Gasteiger partial charge in [0.05, 0.1) is 0 Å². The van der Waals surface area contributed by atoms with E-state index in [4.69, 9.17) is 0 Å². The van der Waals surface area contributed by atoms with Gasteiger partial charge in [-0.3, -0.25) is 0 Å². The largest absolute Gasteiger partial charge is 0.219 e. The second-order valence-corrected chi connectivity index (χ2v) is 9.28. The first-order valence-corrected chi connectivity index (χ1v) is 8.29. The number of sulfonamides is 1. The fourth-order valence-corrected chi connectivity index (χ4v) is 4.41. The molecule has 1 atom stereocenters. The highest BCUT2D eigenvalue weighted by atomic mass is 32.2. The van der Waals surface area contributed by atoms with Crippen molar-refractivity contribution in [2.45, 2.75) is 65.7 Å². The Balaban J connectivity index is 3.17. The third-order valence-electron chi connectivity index (χ3n) is 3.07. The molecule has 0 bridgehead atoms. The van der Waals surface area contributed by atoms with Gasteiger partial charge < -0.3 is 0 Å². The fourth-order valence-electron chi connectivity index (χ4n) is 2.31. The molecule has 0 aromatic heterocycles. The van der Waals surface area contributed by atoms with Gasteiger partial charge in [-0.05, 0) is 45.1 Å². The number of rotatable bonds is 2. The van der Waals surface area contributed by atoms with Crippen LogP contribution in [-0.4, -0.2) is 19.2 Å². The standard InChI is InChI=1S/C15H27NO2S/c1-11-8-9-13(12(10-11)14(2,3)4)19(17,18)16-15(5,6)7/h8,10,13,16H,9H2,1-7H3. The molecular formula is C15H27NO2S. The van der Waals surface area contributed by atoms with Crippen molar-refractivity contribution >= 4 is 10.0 Å². The lowest BCUT2D eigenvalue weighted by molar-refractivity contribution is 0.456. The lowest BCUT2D eigenvalue weighted by atomic mass is 9.80. The number of nitrogens with one attached hydrogen (secondary N) is 1. The van der Waals surface area contributed by atoms with Crippen molar-refractivity contribution in [2.75, 3.05) is 0 Å². The monoisotopic (exact) mass is 285 g/mol. The van der Waals surface area contributed by atoms with Gasteiger partial charge in [0.15, 0.2) is 0 Å². The average Bonchev–Trinajstić information content (AvgIpc) is 2.11. The van der Waals surface area contributed by atoms with Crippen LogP contribution < -0.4 is 4.72 Å². The third-order valence-corrected chi connectivity index (χ3v) is 5.17.